The van der Waals surface area contributed by atoms with E-state index in [4.69, 9.17) is 4.52 Å². The van der Waals surface area contributed by atoms with Crippen molar-refractivity contribution in [1.82, 2.24) is 24.6 Å². The van der Waals surface area contributed by atoms with Crippen molar-refractivity contribution in [3.8, 4) is 0 Å². The molecule has 2 saturated heterocycles. The summed E-state index contributed by atoms with van der Waals surface area (Å²) in [6, 6.07) is 1.59. The molecule has 1 unspecified atom stereocenters. The third-order valence-corrected chi connectivity index (χ3v) is 7.55. The number of sulfonamides is 1. The minimum Gasteiger partial charge on any atom is -0.364 e. The monoisotopic (exact) mass is 568 g/mol. The van der Waals surface area contributed by atoms with Gasteiger partial charge in [-0.25, -0.2) is 8.42 Å². The first kappa shape index (κ1) is 26.3. The smallest absolute Gasteiger partial charge is 0.220 e. The Bertz CT molecular complexity index is 779. The topological polar surface area (TPSA) is 94.3 Å². The SMILES string of the molecule is CN=C(NCC1CCCN(CC(C)C)C1)N1CCN(S(=O)(=O)Cc2ccon2)CC1.I. The molecule has 178 valence electrons. The quantitative estimate of drug-likeness (QED) is 0.304. The summed E-state index contributed by atoms with van der Waals surface area (Å²) < 4.78 is 31.5. The maximum Gasteiger partial charge on any atom is 0.220 e. The molecule has 0 amide bonds. The van der Waals surface area contributed by atoms with Crippen molar-refractivity contribution in [3.05, 3.63) is 18.0 Å². The van der Waals surface area contributed by atoms with Crippen molar-refractivity contribution in [2.75, 3.05) is 59.4 Å². The van der Waals surface area contributed by atoms with Crippen LogP contribution in [-0.4, -0.2) is 93.0 Å². The Balaban J connectivity index is 0.00000341. The van der Waals surface area contributed by atoms with Crippen molar-refractivity contribution in [3.63, 3.8) is 0 Å². The van der Waals surface area contributed by atoms with Gasteiger partial charge in [-0.3, -0.25) is 4.99 Å². The van der Waals surface area contributed by atoms with Crippen LogP contribution < -0.4 is 5.32 Å². The van der Waals surface area contributed by atoms with Crippen molar-refractivity contribution in [1.29, 1.82) is 0 Å². The van der Waals surface area contributed by atoms with E-state index in [9.17, 15) is 8.42 Å². The molecule has 0 aromatic carbocycles. The van der Waals surface area contributed by atoms with Crippen LogP contribution in [0.3, 0.4) is 0 Å². The minimum atomic E-state index is -3.39. The number of hydrogen-bond donors (Lipinski definition) is 1. The van der Waals surface area contributed by atoms with Gasteiger partial charge in [-0.2, -0.15) is 4.31 Å². The van der Waals surface area contributed by atoms with Gasteiger partial charge in [0, 0.05) is 58.9 Å². The predicted octanol–water partition coefficient (Wildman–Crippen LogP) is 1.68. The van der Waals surface area contributed by atoms with Crippen molar-refractivity contribution < 1.29 is 12.9 Å². The van der Waals surface area contributed by atoms with Crippen molar-refractivity contribution in [2.45, 2.75) is 32.4 Å². The van der Waals surface area contributed by atoms with Crippen LogP contribution in [0.1, 0.15) is 32.4 Å². The molecule has 1 aromatic rings. The lowest BCUT2D eigenvalue weighted by Crippen LogP contribution is -2.54. The van der Waals surface area contributed by atoms with E-state index in [1.807, 2.05) is 0 Å². The number of hydrogen-bond acceptors (Lipinski definition) is 6. The molecule has 1 N–H and O–H groups in total. The second kappa shape index (κ2) is 12.4. The van der Waals surface area contributed by atoms with Gasteiger partial charge in [0.15, 0.2) is 5.96 Å². The largest absolute Gasteiger partial charge is 0.364 e. The van der Waals surface area contributed by atoms with Crippen LogP contribution in [0.2, 0.25) is 0 Å². The molecule has 9 nitrogen and oxygen atoms in total. The average molecular weight is 569 g/mol. The van der Waals surface area contributed by atoms with Gasteiger partial charge in [0.1, 0.15) is 12.0 Å². The summed E-state index contributed by atoms with van der Waals surface area (Å²) in [7, 11) is -1.60. The predicted molar refractivity (Wildman–Crippen MR) is 133 cm³/mol. The fourth-order valence-electron chi connectivity index (χ4n) is 4.34. The highest BCUT2D eigenvalue weighted by Crippen LogP contribution is 2.17. The lowest BCUT2D eigenvalue weighted by atomic mass is 9.97. The molecule has 1 atom stereocenters. The lowest BCUT2D eigenvalue weighted by molar-refractivity contribution is 0.158. The van der Waals surface area contributed by atoms with Gasteiger partial charge in [0.2, 0.25) is 10.0 Å². The van der Waals surface area contributed by atoms with E-state index in [0.717, 1.165) is 25.6 Å². The molecule has 2 aliphatic rings. The highest BCUT2D eigenvalue weighted by molar-refractivity contribution is 14.0. The van der Waals surface area contributed by atoms with E-state index in [1.165, 1.54) is 30.0 Å². The summed E-state index contributed by atoms with van der Waals surface area (Å²) in [5.74, 6) is 2.06. The molecule has 0 bridgehead atoms. The molecule has 0 saturated carbocycles. The first-order valence-corrected chi connectivity index (χ1v) is 12.5. The average Bonchev–Trinajstić information content (AvgIpc) is 3.21. The molecular weight excluding hydrogens is 531 g/mol. The number of nitrogens with one attached hydrogen (secondary N) is 1. The minimum absolute atomic E-state index is 0. The molecule has 2 fully saturated rings. The summed E-state index contributed by atoms with van der Waals surface area (Å²) in [4.78, 5) is 9.16. The van der Waals surface area contributed by atoms with Crippen LogP contribution in [0.15, 0.2) is 21.8 Å². The number of likely N-dealkylation sites (tertiary alicyclic amines) is 1. The Morgan fingerprint density at radius 3 is 2.65 bits per heavy atom. The summed E-state index contributed by atoms with van der Waals surface area (Å²) in [5.41, 5.74) is 0.439. The molecule has 3 heterocycles. The van der Waals surface area contributed by atoms with Crippen LogP contribution >= 0.6 is 24.0 Å². The van der Waals surface area contributed by atoms with Gasteiger partial charge in [0.25, 0.3) is 0 Å². The molecule has 31 heavy (non-hydrogen) atoms. The summed E-state index contributed by atoms with van der Waals surface area (Å²) in [6.45, 7) is 11.1. The summed E-state index contributed by atoms with van der Waals surface area (Å²) in [6.07, 6.45) is 3.89. The van der Waals surface area contributed by atoms with Crippen molar-refractivity contribution >= 4 is 40.0 Å². The normalized spacial score (nSPS) is 21.9. The van der Waals surface area contributed by atoms with Gasteiger partial charge >= 0.3 is 0 Å². The van der Waals surface area contributed by atoms with Gasteiger partial charge in [-0.1, -0.05) is 19.0 Å². The third-order valence-electron chi connectivity index (χ3n) is 5.74. The Labute approximate surface area is 203 Å². The van der Waals surface area contributed by atoms with E-state index in [1.54, 1.807) is 13.1 Å². The molecule has 1 aromatic heterocycles. The van der Waals surface area contributed by atoms with E-state index >= 15 is 0 Å². The van der Waals surface area contributed by atoms with E-state index in [-0.39, 0.29) is 29.7 Å². The third kappa shape index (κ3) is 7.86. The molecule has 0 spiro atoms. The number of aromatic nitrogens is 1. The van der Waals surface area contributed by atoms with Gasteiger partial charge in [-0.15, -0.1) is 24.0 Å². The first-order chi connectivity index (χ1) is 14.4. The second-order valence-electron chi connectivity index (χ2n) is 8.72. The maximum absolute atomic E-state index is 12.6. The molecule has 0 radical (unpaired) electrons. The summed E-state index contributed by atoms with van der Waals surface area (Å²) >= 11 is 0. The fourth-order valence-corrected chi connectivity index (χ4v) is 5.76. The van der Waals surface area contributed by atoms with E-state index < -0.39 is 10.0 Å². The van der Waals surface area contributed by atoms with Crippen LogP contribution in [0.5, 0.6) is 0 Å². The highest BCUT2D eigenvalue weighted by atomic mass is 127. The number of piperidine rings is 1. The zero-order valence-corrected chi connectivity index (χ0v) is 22.0. The number of piperazine rings is 1. The fraction of sp³-hybridized carbons (Fsp3) is 0.800. The molecule has 2 aliphatic heterocycles. The van der Waals surface area contributed by atoms with Crippen LogP contribution in [0, 0.1) is 11.8 Å². The zero-order chi connectivity index (χ0) is 21.6. The number of nitrogens with zero attached hydrogens (tertiary/aromatic N) is 5. The Hall–Kier alpha value is -0.920. The lowest BCUT2D eigenvalue weighted by Gasteiger charge is -2.37. The molecule has 11 heteroatoms. The standard InChI is InChI=1S/C20H36N6O3S.HI/c1-17(2)14-24-7-4-5-18(15-24)13-22-20(21-3)25-8-10-26(11-9-25)30(27,28)16-19-6-12-29-23-19;/h6,12,17-18H,4-5,7-11,13-16H2,1-3H3,(H,21,22);1H. The van der Waals surface area contributed by atoms with E-state index in [2.05, 4.69) is 39.1 Å². The number of rotatable bonds is 7. The number of guanidine groups is 1. The molecular formula is C20H37IN6O3S. The van der Waals surface area contributed by atoms with Crippen molar-refractivity contribution in [2.24, 2.45) is 16.8 Å². The Morgan fingerprint density at radius 2 is 2.03 bits per heavy atom. The molecule has 0 aliphatic carbocycles. The maximum atomic E-state index is 12.6. The van der Waals surface area contributed by atoms with Crippen LogP contribution in [-0.2, 0) is 15.8 Å². The Kier molecular flexibility index (Phi) is 10.5. The first-order valence-electron chi connectivity index (χ1n) is 10.9. The van der Waals surface area contributed by atoms with Gasteiger partial charge in [-0.05, 0) is 31.2 Å². The highest BCUT2D eigenvalue weighted by Gasteiger charge is 2.29. The van der Waals surface area contributed by atoms with E-state index in [0.29, 0.717) is 43.7 Å². The number of aliphatic imine (C=N–C) groups is 1. The van der Waals surface area contributed by atoms with Crippen LogP contribution in [0.25, 0.3) is 0 Å². The Morgan fingerprint density at radius 1 is 1.29 bits per heavy atom. The number of halogens is 1. The van der Waals surface area contributed by atoms with Crippen LogP contribution in [0.4, 0.5) is 0 Å². The second-order valence-corrected chi connectivity index (χ2v) is 10.7. The van der Waals surface area contributed by atoms with Gasteiger partial charge < -0.3 is 19.6 Å². The summed E-state index contributed by atoms with van der Waals surface area (Å²) in [5, 5.41) is 7.25. The molecule has 3 rings (SSSR count). The zero-order valence-electron chi connectivity index (χ0n) is 18.9. The van der Waals surface area contributed by atoms with Gasteiger partial charge in [0.05, 0.1) is 5.69 Å².